The summed E-state index contributed by atoms with van der Waals surface area (Å²) in [5.74, 6) is 9.49. The van der Waals surface area contributed by atoms with Gasteiger partial charge < -0.3 is 4.74 Å². The van der Waals surface area contributed by atoms with Gasteiger partial charge in [0.2, 0.25) is 0 Å². The van der Waals surface area contributed by atoms with E-state index in [1.165, 1.54) is 5.56 Å². The Balaban J connectivity index is 2.01. The van der Waals surface area contributed by atoms with E-state index in [-0.39, 0.29) is 0 Å². The lowest BCUT2D eigenvalue weighted by Gasteiger charge is -2.28. The molecule has 0 aromatic heterocycles. The van der Waals surface area contributed by atoms with E-state index in [4.69, 9.17) is 10.6 Å². The fourth-order valence-electron chi connectivity index (χ4n) is 2.45. The molecule has 1 aliphatic heterocycles. The SMILES string of the molecule is CCSCC(CC1CCOc2ccccc21)NN. The Morgan fingerprint density at radius 3 is 3.11 bits per heavy atom. The van der Waals surface area contributed by atoms with Crippen LogP contribution in [0.1, 0.15) is 31.2 Å². The molecule has 0 spiro atoms. The minimum Gasteiger partial charge on any atom is -0.493 e. The molecule has 0 radical (unpaired) electrons. The van der Waals surface area contributed by atoms with Crippen molar-refractivity contribution in [3.8, 4) is 5.75 Å². The average Bonchev–Trinajstić information content (AvgIpc) is 2.43. The molecule has 1 aromatic rings. The maximum absolute atomic E-state index is 5.69. The molecule has 2 rings (SSSR count). The molecule has 0 bridgehead atoms. The molecule has 3 N–H and O–H groups in total. The molecule has 1 aliphatic rings. The van der Waals surface area contributed by atoms with Gasteiger partial charge in [0.1, 0.15) is 5.75 Å². The number of hydrogen-bond acceptors (Lipinski definition) is 4. The van der Waals surface area contributed by atoms with E-state index in [1.54, 1.807) is 0 Å². The summed E-state index contributed by atoms with van der Waals surface area (Å²) in [5, 5.41) is 0. The number of nitrogens with one attached hydrogen (secondary N) is 1. The summed E-state index contributed by atoms with van der Waals surface area (Å²) < 4.78 is 5.69. The maximum atomic E-state index is 5.69. The molecule has 4 heteroatoms. The summed E-state index contributed by atoms with van der Waals surface area (Å²) in [7, 11) is 0. The smallest absolute Gasteiger partial charge is 0.122 e. The highest BCUT2D eigenvalue weighted by atomic mass is 32.2. The van der Waals surface area contributed by atoms with Gasteiger partial charge in [-0.1, -0.05) is 25.1 Å². The van der Waals surface area contributed by atoms with Crippen molar-refractivity contribution < 1.29 is 4.74 Å². The number of thioether (sulfide) groups is 1. The summed E-state index contributed by atoms with van der Waals surface area (Å²) in [5.41, 5.74) is 4.29. The van der Waals surface area contributed by atoms with Crippen molar-refractivity contribution in [2.24, 2.45) is 5.84 Å². The Morgan fingerprint density at radius 2 is 2.33 bits per heavy atom. The number of ether oxygens (including phenoxy) is 1. The molecule has 3 nitrogen and oxygen atoms in total. The van der Waals surface area contributed by atoms with Gasteiger partial charge in [0.25, 0.3) is 0 Å². The minimum atomic E-state index is 0.381. The molecule has 2 unspecified atom stereocenters. The van der Waals surface area contributed by atoms with Crippen molar-refractivity contribution in [2.45, 2.75) is 31.7 Å². The summed E-state index contributed by atoms with van der Waals surface area (Å²) in [4.78, 5) is 0. The summed E-state index contributed by atoms with van der Waals surface area (Å²) in [6.07, 6.45) is 2.18. The zero-order chi connectivity index (χ0) is 12.8. The van der Waals surface area contributed by atoms with Crippen LogP contribution in [0.3, 0.4) is 0 Å². The third-order valence-electron chi connectivity index (χ3n) is 3.41. The van der Waals surface area contributed by atoms with Crippen LogP contribution in [0.4, 0.5) is 0 Å². The molecule has 0 saturated carbocycles. The predicted octanol–water partition coefficient (Wildman–Crippen LogP) is 2.53. The molecule has 100 valence electrons. The number of rotatable bonds is 6. The summed E-state index contributed by atoms with van der Waals surface area (Å²) in [6, 6.07) is 8.75. The molecular weight excluding hydrogens is 244 g/mol. The van der Waals surface area contributed by atoms with Crippen molar-refractivity contribution in [2.75, 3.05) is 18.1 Å². The van der Waals surface area contributed by atoms with E-state index in [9.17, 15) is 0 Å². The van der Waals surface area contributed by atoms with Crippen LogP contribution in [0, 0.1) is 0 Å². The molecule has 0 aliphatic carbocycles. The lowest BCUT2D eigenvalue weighted by molar-refractivity contribution is 0.257. The van der Waals surface area contributed by atoms with Crippen molar-refractivity contribution >= 4 is 11.8 Å². The summed E-state index contributed by atoms with van der Waals surface area (Å²) >= 11 is 1.94. The molecule has 0 amide bonds. The normalized spacial score (nSPS) is 20.0. The topological polar surface area (TPSA) is 47.3 Å². The van der Waals surface area contributed by atoms with Gasteiger partial charge in [-0.05, 0) is 36.1 Å². The van der Waals surface area contributed by atoms with Gasteiger partial charge in [-0.3, -0.25) is 11.3 Å². The van der Waals surface area contributed by atoms with E-state index in [1.807, 2.05) is 17.8 Å². The number of para-hydroxylation sites is 1. The van der Waals surface area contributed by atoms with Crippen LogP contribution in [0.15, 0.2) is 24.3 Å². The van der Waals surface area contributed by atoms with Crippen LogP contribution in [0.25, 0.3) is 0 Å². The lowest BCUT2D eigenvalue weighted by Crippen LogP contribution is -2.38. The van der Waals surface area contributed by atoms with Gasteiger partial charge in [0.15, 0.2) is 0 Å². The highest BCUT2D eigenvalue weighted by molar-refractivity contribution is 7.99. The van der Waals surface area contributed by atoms with Crippen LogP contribution >= 0.6 is 11.8 Å². The standard InChI is InChI=1S/C14H22N2OS/c1-2-18-10-12(16-15)9-11-7-8-17-14-6-4-3-5-13(11)14/h3-6,11-12,16H,2,7-10,15H2,1H3. The van der Waals surface area contributed by atoms with E-state index in [2.05, 4.69) is 30.5 Å². The number of nitrogens with two attached hydrogens (primary N) is 1. The van der Waals surface area contributed by atoms with Gasteiger partial charge in [0, 0.05) is 11.8 Å². The summed E-state index contributed by atoms with van der Waals surface area (Å²) in [6.45, 7) is 3.00. The van der Waals surface area contributed by atoms with Crippen LogP contribution in [-0.2, 0) is 0 Å². The number of benzene rings is 1. The minimum absolute atomic E-state index is 0.381. The first-order valence-electron chi connectivity index (χ1n) is 6.60. The Kier molecular flexibility index (Phi) is 5.35. The van der Waals surface area contributed by atoms with Gasteiger partial charge >= 0.3 is 0 Å². The van der Waals surface area contributed by atoms with Gasteiger partial charge in [-0.2, -0.15) is 11.8 Å². The Morgan fingerprint density at radius 1 is 1.50 bits per heavy atom. The fourth-order valence-corrected chi connectivity index (χ4v) is 3.20. The quantitative estimate of drug-likeness (QED) is 0.613. The predicted molar refractivity (Wildman–Crippen MR) is 78.0 cm³/mol. The van der Waals surface area contributed by atoms with E-state index < -0.39 is 0 Å². The number of fused-ring (bicyclic) bond motifs is 1. The third-order valence-corrected chi connectivity index (χ3v) is 4.46. The van der Waals surface area contributed by atoms with Crippen LogP contribution in [0.2, 0.25) is 0 Å². The van der Waals surface area contributed by atoms with Gasteiger partial charge in [0.05, 0.1) is 6.61 Å². The van der Waals surface area contributed by atoms with Crippen molar-refractivity contribution in [1.29, 1.82) is 0 Å². The van der Waals surface area contributed by atoms with E-state index in [0.29, 0.717) is 12.0 Å². The van der Waals surface area contributed by atoms with Crippen molar-refractivity contribution in [3.05, 3.63) is 29.8 Å². The molecule has 0 saturated heterocycles. The molecule has 0 fully saturated rings. The van der Waals surface area contributed by atoms with Gasteiger partial charge in [-0.15, -0.1) is 0 Å². The van der Waals surface area contributed by atoms with E-state index in [0.717, 1.165) is 36.7 Å². The zero-order valence-electron chi connectivity index (χ0n) is 10.9. The molecular formula is C14H22N2OS. The first-order valence-corrected chi connectivity index (χ1v) is 7.76. The Bertz CT molecular complexity index is 373. The first kappa shape index (κ1) is 13.7. The highest BCUT2D eigenvalue weighted by Crippen LogP contribution is 2.36. The lowest BCUT2D eigenvalue weighted by atomic mass is 9.88. The maximum Gasteiger partial charge on any atom is 0.122 e. The van der Waals surface area contributed by atoms with Crippen LogP contribution in [-0.4, -0.2) is 24.2 Å². The Labute approximate surface area is 113 Å². The van der Waals surface area contributed by atoms with Crippen LogP contribution < -0.4 is 16.0 Å². The largest absolute Gasteiger partial charge is 0.493 e. The second kappa shape index (κ2) is 7.02. The third kappa shape index (κ3) is 3.40. The molecule has 2 atom stereocenters. The molecule has 1 aromatic carbocycles. The Hall–Kier alpha value is -0.710. The number of hydrogen-bond donors (Lipinski definition) is 2. The molecule has 18 heavy (non-hydrogen) atoms. The second-order valence-corrected chi connectivity index (χ2v) is 5.95. The highest BCUT2D eigenvalue weighted by Gasteiger charge is 2.23. The zero-order valence-corrected chi connectivity index (χ0v) is 11.7. The van der Waals surface area contributed by atoms with Gasteiger partial charge in [-0.25, -0.2) is 0 Å². The van der Waals surface area contributed by atoms with E-state index >= 15 is 0 Å². The fraction of sp³-hybridized carbons (Fsp3) is 0.571. The average molecular weight is 266 g/mol. The first-order chi connectivity index (χ1) is 8.85. The molecule has 1 heterocycles. The van der Waals surface area contributed by atoms with Crippen molar-refractivity contribution in [1.82, 2.24) is 5.43 Å². The van der Waals surface area contributed by atoms with Crippen LogP contribution in [0.5, 0.6) is 5.75 Å². The van der Waals surface area contributed by atoms with Crippen molar-refractivity contribution in [3.63, 3.8) is 0 Å². The second-order valence-electron chi connectivity index (χ2n) is 4.63. The number of hydrazine groups is 1. The monoisotopic (exact) mass is 266 g/mol.